The van der Waals surface area contributed by atoms with Crippen LogP contribution in [0.3, 0.4) is 0 Å². The highest BCUT2D eigenvalue weighted by molar-refractivity contribution is 6.51. The van der Waals surface area contributed by atoms with Crippen LogP contribution in [0.2, 0.25) is 0 Å². The standard InChI is InChI=1S/C14H12Cl4/c1-12(9-5-3-2-4-6-9)7-13(17)8-14(12,18)11(16)10(13)15/h2-6H,7-8H2,1H3/t12-,13-,14+/m1/s1. The number of allylic oxidation sites excluding steroid dienone is 2. The molecule has 3 rings (SSSR count). The van der Waals surface area contributed by atoms with E-state index in [2.05, 4.69) is 19.1 Å². The number of alkyl halides is 2. The number of hydrogen-bond acceptors (Lipinski definition) is 0. The fraction of sp³-hybridized carbons (Fsp3) is 0.429. The second-order valence-corrected chi connectivity index (χ2v) is 7.57. The van der Waals surface area contributed by atoms with Crippen LogP contribution in [0.1, 0.15) is 25.3 Å². The van der Waals surface area contributed by atoms with Gasteiger partial charge in [0.2, 0.25) is 0 Å². The van der Waals surface area contributed by atoms with Gasteiger partial charge in [-0.05, 0) is 18.4 Å². The molecular weight excluding hydrogens is 310 g/mol. The van der Waals surface area contributed by atoms with E-state index in [9.17, 15) is 0 Å². The maximum absolute atomic E-state index is 6.81. The van der Waals surface area contributed by atoms with Crippen LogP contribution >= 0.6 is 46.4 Å². The van der Waals surface area contributed by atoms with Gasteiger partial charge in [0.1, 0.15) is 0 Å². The van der Waals surface area contributed by atoms with Gasteiger partial charge < -0.3 is 0 Å². The Kier molecular flexibility index (Phi) is 2.79. The van der Waals surface area contributed by atoms with Gasteiger partial charge in [-0.3, -0.25) is 0 Å². The van der Waals surface area contributed by atoms with Crippen molar-refractivity contribution in [2.45, 2.75) is 34.9 Å². The molecule has 96 valence electrons. The van der Waals surface area contributed by atoms with Crippen molar-refractivity contribution in [3.05, 3.63) is 46.0 Å². The molecule has 0 aromatic heterocycles. The zero-order chi connectivity index (χ0) is 13.2. The third-order valence-electron chi connectivity index (χ3n) is 4.38. The Labute approximate surface area is 127 Å². The molecule has 1 fully saturated rings. The molecule has 1 saturated carbocycles. The van der Waals surface area contributed by atoms with Gasteiger partial charge in [-0.1, -0.05) is 60.5 Å². The van der Waals surface area contributed by atoms with Gasteiger partial charge >= 0.3 is 0 Å². The average Bonchev–Trinajstić information content (AvgIpc) is 2.67. The quantitative estimate of drug-likeness (QED) is 0.608. The lowest BCUT2D eigenvalue weighted by atomic mass is 9.71. The first kappa shape index (κ1) is 13.1. The van der Waals surface area contributed by atoms with Crippen molar-refractivity contribution in [2.24, 2.45) is 0 Å². The maximum atomic E-state index is 6.81. The first-order valence-electron chi connectivity index (χ1n) is 5.83. The van der Waals surface area contributed by atoms with Gasteiger partial charge in [0, 0.05) is 5.41 Å². The molecule has 2 aliphatic rings. The highest BCUT2D eigenvalue weighted by Crippen LogP contribution is 2.70. The van der Waals surface area contributed by atoms with Crippen molar-refractivity contribution in [2.75, 3.05) is 0 Å². The molecule has 0 nitrogen and oxygen atoms in total. The van der Waals surface area contributed by atoms with E-state index < -0.39 is 9.75 Å². The summed E-state index contributed by atoms with van der Waals surface area (Å²) in [7, 11) is 0. The minimum Gasteiger partial charge on any atom is -0.113 e. The Hall–Kier alpha value is 0.120. The third kappa shape index (κ3) is 1.41. The monoisotopic (exact) mass is 320 g/mol. The summed E-state index contributed by atoms with van der Waals surface area (Å²) in [6.45, 7) is 2.12. The zero-order valence-electron chi connectivity index (χ0n) is 9.81. The Morgan fingerprint density at radius 1 is 0.944 bits per heavy atom. The summed E-state index contributed by atoms with van der Waals surface area (Å²) >= 11 is 26.0. The zero-order valence-corrected chi connectivity index (χ0v) is 12.8. The van der Waals surface area contributed by atoms with Crippen molar-refractivity contribution in [1.29, 1.82) is 0 Å². The van der Waals surface area contributed by atoms with Gasteiger partial charge in [0.15, 0.2) is 0 Å². The number of hydrogen-bond donors (Lipinski definition) is 0. The van der Waals surface area contributed by atoms with Gasteiger partial charge in [0.25, 0.3) is 0 Å². The van der Waals surface area contributed by atoms with Gasteiger partial charge in [-0.25, -0.2) is 0 Å². The van der Waals surface area contributed by atoms with Gasteiger partial charge in [-0.15, -0.1) is 23.2 Å². The molecule has 0 amide bonds. The fourth-order valence-electron chi connectivity index (χ4n) is 3.33. The van der Waals surface area contributed by atoms with Crippen molar-refractivity contribution >= 4 is 46.4 Å². The second kappa shape index (κ2) is 3.82. The first-order chi connectivity index (χ1) is 8.33. The predicted molar refractivity (Wildman–Crippen MR) is 78.9 cm³/mol. The number of fused-ring (bicyclic) bond motifs is 2. The lowest BCUT2D eigenvalue weighted by Gasteiger charge is -2.41. The van der Waals surface area contributed by atoms with E-state index in [0.29, 0.717) is 22.9 Å². The van der Waals surface area contributed by atoms with Gasteiger partial charge in [0.05, 0.1) is 19.8 Å². The number of halogens is 4. The molecule has 2 aliphatic carbocycles. The molecule has 0 radical (unpaired) electrons. The van der Waals surface area contributed by atoms with Crippen LogP contribution in [0.5, 0.6) is 0 Å². The van der Waals surface area contributed by atoms with Crippen LogP contribution in [-0.4, -0.2) is 9.75 Å². The predicted octanol–water partition coefficient (Wildman–Crippen LogP) is 5.40. The van der Waals surface area contributed by atoms with Crippen molar-refractivity contribution in [3.8, 4) is 0 Å². The van der Waals surface area contributed by atoms with E-state index in [1.54, 1.807) is 0 Å². The summed E-state index contributed by atoms with van der Waals surface area (Å²) in [4.78, 5) is -1.29. The number of benzene rings is 1. The summed E-state index contributed by atoms with van der Waals surface area (Å²) in [6.07, 6.45) is 1.30. The molecule has 0 aliphatic heterocycles. The molecule has 2 bridgehead atoms. The van der Waals surface area contributed by atoms with Crippen LogP contribution in [0.4, 0.5) is 0 Å². The van der Waals surface area contributed by atoms with Crippen molar-refractivity contribution < 1.29 is 0 Å². The molecule has 4 heteroatoms. The maximum Gasteiger partial charge on any atom is 0.0927 e. The van der Waals surface area contributed by atoms with Crippen LogP contribution < -0.4 is 0 Å². The average molecular weight is 322 g/mol. The molecule has 1 aromatic rings. The molecule has 0 saturated heterocycles. The van der Waals surface area contributed by atoms with E-state index in [0.717, 1.165) is 5.56 Å². The topological polar surface area (TPSA) is 0 Å². The van der Waals surface area contributed by atoms with E-state index in [1.807, 2.05) is 18.2 Å². The fourth-order valence-corrected chi connectivity index (χ4v) is 5.30. The lowest BCUT2D eigenvalue weighted by molar-refractivity contribution is 0.415. The Morgan fingerprint density at radius 2 is 1.56 bits per heavy atom. The summed E-state index contributed by atoms with van der Waals surface area (Å²) < 4.78 is 0. The van der Waals surface area contributed by atoms with Crippen LogP contribution in [0.15, 0.2) is 40.4 Å². The third-order valence-corrected chi connectivity index (χ3v) is 6.93. The highest BCUT2D eigenvalue weighted by Gasteiger charge is 2.68. The largest absolute Gasteiger partial charge is 0.113 e. The smallest absolute Gasteiger partial charge is 0.0927 e. The molecule has 3 atom stereocenters. The first-order valence-corrected chi connectivity index (χ1v) is 7.34. The van der Waals surface area contributed by atoms with E-state index >= 15 is 0 Å². The van der Waals surface area contributed by atoms with Crippen molar-refractivity contribution in [3.63, 3.8) is 0 Å². The highest BCUT2D eigenvalue weighted by atomic mass is 35.5. The molecule has 0 spiro atoms. The summed E-state index contributed by atoms with van der Waals surface area (Å²) in [5.74, 6) is 0. The van der Waals surface area contributed by atoms with Crippen LogP contribution in [0, 0.1) is 0 Å². The Balaban J connectivity index is 2.19. The summed E-state index contributed by atoms with van der Waals surface area (Å²) in [5, 5.41) is 1.03. The summed E-state index contributed by atoms with van der Waals surface area (Å²) in [5.41, 5.74) is 0.873. The Bertz CT molecular complexity index is 538. The molecular formula is C14H12Cl4. The SMILES string of the molecule is C[C@]1(c2ccccc2)C[C@@]2(Cl)C[C@]1(Cl)C(Cl)=C2Cl. The second-order valence-electron chi connectivity index (χ2n) is 5.45. The molecule has 0 N–H and O–H groups in total. The Morgan fingerprint density at radius 3 is 2.06 bits per heavy atom. The molecule has 0 unspecified atom stereocenters. The van der Waals surface area contributed by atoms with Gasteiger partial charge in [-0.2, -0.15) is 0 Å². The van der Waals surface area contributed by atoms with E-state index in [-0.39, 0.29) is 5.41 Å². The minimum absolute atomic E-state index is 0.285. The molecule has 18 heavy (non-hydrogen) atoms. The normalized spacial score (nSPS) is 42.7. The molecule has 0 heterocycles. The lowest BCUT2D eigenvalue weighted by Crippen LogP contribution is -2.42. The van der Waals surface area contributed by atoms with Crippen molar-refractivity contribution in [1.82, 2.24) is 0 Å². The summed E-state index contributed by atoms with van der Waals surface area (Å²) in [6, 6.07) is 10.1. The van der Waals surface area contributed by atoms with Crippen LogP contribution in [0.25, 0.3) is 0 Å². The molecule has 1 aromatic carbocycles. The number of rotatable bonds is 1. The van der Waals surface area contributed by atoms with E-state index in [4.69, 9.17) is 46.4 Å². The van der Waals surface area contributed by atoms with E-state index in [1.165, 1.54) is 0 Å². The minimum atomic E-state index is -0.686. The van der Waals surface area contributed by atoms with Crippen LogP contribution in [-0.2, 0) is 5.41 Å².